The number of benzene rings is 1. The third-order valence-corrected chi connectivity index (χ3v) is 3.64. The largest absolute Gasteiger partial charge is 0.496 e. The molecule has 3 rings (SSSR count). The number of nitrogens with zero attached hydrogens (tertiary/aromatic N) is 2. The maximum atomic E-state index is 12.8. The number of carbonyl (C=O) groups excluding carboxylic acids is 1. The van der Waals surface area contributed by atoms with Crippen molar-refractivity contribution in [1.29, 1.82) is 0 Å². The van der Waals surface area contributed by atoms with Crippen molar-refractivity contribution in [3.05, 3.63) is 54.0 Å². The lowest BCUT2D eigenvalue weighted by Crippen LogP contribution is -2.52. The Morgan fingerprint density at radius 3 is 2.70 bits per heavy atom. The molecule has 0 aliphatic carbocycles. The Kier molecular flexibility index (Phi) is 3.82. The summed E-state index contributed by atoms with van der Waals surface area (Å²) in [6.07, 6.45) is 1.53. The van der Waals surface area contributed by atoms with Gasteiger partial charge in [-0.3, -0.25) is 9.69 Å². The highest BCUT2D eigenvalue weighted by Crippen LogP contribution is 2.27. The molecule has 0 saturated carbocycles. The molecule has 2 heterocycles. The first-order valence-electron chi connectivity index (χ1n) is 7.27. The first-order valence-corrected chi connectivity index (χ1v) is 7.27. The summed E-state index contributed by atoms with van der Waals surface area (Å²) in [6, 6.07) is 11.0. The smallest absolute Gasteiger partial charge is 0.275 e. The number of furan rings is 1. The van der Waals surface area contributed by atoms with Gasteiger partial charge in [-0.2, -0.15) is 0 Å². The van der Waals surface area contributed by atoms with Crippen LogP contribution in [0.4, 0.5) is 0 Å². The molecule has 120 valence electrons. The van der Waals surface area contributed by atoms with Crippen molar-refractivity contribution in [3.8, 4) is 5.75 Å². The molecular formula is C17H18N2O4. The van der Waals surface area contributed by atoms with E-state index >= 15 is 0 Å². The lowest BCUT2D eigenvalue weighted by Gasteiger charge is -2.34. The van der Waals surface area contributed by atoms with Gasteiger partial charge < -0.3 is 14.0 Å². The molecule has 23 heavy (non-hydrogen) atoms. The van der Waals surface area contributed by atoms with Crippen molar-refractivity contribution in [2.75, 3.05) is 7.11 Å². The highest BCUT2D eigenvalue weighted by atomic mass is 16.7. The fraction of sp³-hybridized carbons (Fsp3) is 0.294. The van der Waals surface area contributed by atoms with Crippen LogP contribution in [0.15, 0.2) is 52.2 Å². The zero-order valence-electron chi connectivity index (χ0n) is 13.3. The zero-order chi connectivity index (χ0) is 16.4. The van der Waals surface area contributed by atoms with Crippen molar-refractivity contribution in [1.82, 2.24) is 4.90 Å². The number of amidine groups is 1. The summed E-state index contributed by atoms with van der Waals surface area (Å²) in [6.45, 7) is 3.69. The van der Waals surface area contributed by atoms with Crippen LogP contribution in [0.2, 0.25) is 0 Å². The van der Waals surface area contributed by atoms with E-state index in [2.05, 4.69) is 5.16 Å². The van der Waals surface area contributed by atoms with E-state index in [0.717, 1.165) is 5.56 Å². The Balaban J connectivity index is 2.00. The number of methoxy groups -OCH3 is 1. The monoisotopic (exact) mass is 314 g/mol. The van der Waals surface area contributed by atoms with Crippen LogP contribution in [0.3, 0.4) is 0 Å². The normalized spacial score (nSPS) is 16.7. The number of ether oxygens (including phenoxy) is 1. The van der Waals surface area contributed by atoms with Gasteiger partial charge >= 0.3 is 0 Å². The van der Waals surface area contributed by atoms with Crippen LogP contribution in [-0.4, -0.2) is 29.4 Å². The highest BCUT2D eigenvalue weighted by Gasteiger charge is 2.42. The number of hydrogen-bond donors (Lipinski definition) is 0. The van der Waals surface area contributed by atoms with Gasteiger partial charge in [0.2, 0.25) is 11.4 Å². The molecule has 1 aliphatic rings. The van der Waals surface area contributed by atoms with Crippen LogP contribution in [0.5, 0.6) is 5.75 Å². The van der Waals surface area contributed by atoms with E-state index < -0.39 is 5.60 Å². The van der Waals surface area contributed by atoms with Gasteiger partial charge in [0.15, 0.2) is 5.76 Å². The third-order valence-electron chi connectivity index (χ3n) is 3.64. The molecule has 1 aromatic carbocycles. The lowest BCUT2D eigenvalue weighted by atomic mass is 10.1. The Morgan fingerprint density at radius 2 is 2.00 bits per heavy atom. The molecule has 0 atom stereocenters. The van der Waals surface area contributed by atoms with E-state index in [0.29, 0.717) is 23.9 Å². The summed E-state index contributed by atoms with van der Waals surface area (Å²) in [4.78, 5) is 19.7. The fourth-order valence-electron chi connectivity index (χ4n) is 2.40. The minimum Gasteiger partial charge on any atom is -0.496 e. The molecule has 1 amide bonds. The average Bonchev–Trinajstić information content (AvgIpc) is 3.07. The van der Waals surface area contributed by atoms with Crippen molar-refractivity contribution in [2.45, 2.75) is 26.0 Å². The van der Waals surface area contributed by atoms with E-state index in [1.165, 1.54) is 6.26 Å². The average molecular weight is 314 g/mol. The molecule has 0 bridgehead atoms. The Hall–Kier alpha value is -2.76. The molecule has 6 heteroatoms. The van der Waals surface area contributed by atoms with E-state index in [1.54, 1.807) is 38.0 Å². The minimum atomic E-state index is -1.03. The fourth-order valence-corrected chi connectivity index (χ4v) is 2.40. The molecule has 6 nitrogen and oxygen atoms in total. The van der Waals surface area contributed by atoms with Crippen LogP contribution in [0, 0.1) is 0 Å². The molecule has 0 N–H and O–H groups in total. The number of amides is 1. The minimum absolute atomic E-state index is 0.190. The topological polar surface area (TPSA) is 64.3 Å². The van der Waals surface area contributed by atoms with Gasteiger partial charge in [0, 0.05) is 5.56 Å². The van der Waals surface area contributed by atoms with Crippen LogP contribution in [0.1, 0.15) is 25.2 Å². The van der Waals surface area contributed by atoms with Gasteiger partial charge in [0.25, 0.3) is 5.91 Å². The van der Waals surface area contributed by atoms with Gasteiger partial charge in [-0.05, 0) is 32.0 Å². The summed E-state index contributed by atoms with van der Waals surface area (Å²) in [5.41, 5.74) is -0.154. The second kappa shape index (κ2) is 5.79. The maximum Gasteiger partial charge on any atom is 0.275 e. The molecule has 0 fully saturated rings. The predicted octanol–water partition coefficient (Wildman–Crippen LogP) is 2.79. The third kappa shape index (κ3) is 2.79. The van der Waals surface area contributed by atoms with Crippen LogP contribution in [-0.2, 0) is 16.2 Å². The molecule has 2 aromatic rings. The van der Waals surface area contributed by atoms with E-state index in [-0.39, 0.29) is 5.91 Å². The SMILES string of the molecule is COc1ccccc1CN1C(=O)C(C)(C)ON=C1c1ccco1. The summed E-state index contributed by atoms with van der Waals surface area (Å²) in [5, 5.41) is 4.10. The molecule has 0 unspecified atom stereocenters. The summed E-state index contributed by atoms with van der Waals surface area (Å²) in [7, 11) is 1.60. The van der Waals surface area contributed by atoms with Crippen molar-refractivity contribution in [2.24, 2.45) is 5.16 Å². The maximum absolute atomic E-state index is 12.8. The number of para-hydroxylation sites is 1. The second-order valence-corrected chi connectivity index (χ2v) is 5.70. The molecule has 0 saturated heterocycles. The number of hydrogen-bond acceptors (Lipinski definition) is 5. The first kappa shape index (κ1) is 15.1. The molecule has 0 spiro atoms. The standard InChI is InChI=1S/C17H18N2O4/c1-17(2)16(20)19(11-12-7-4-5-8-13(12)21-3)15(18-23-17)14-9-6-10-22-14/h4-10H,11H2,1-3H3. The van der Waals surface area contributed by atoms with Gasteiger partial charge in [-0.25, -0.2) is 0 Å². The van der Waals surface area contributed by atoms with Crippen LogP contribution < -0.4 is 4.74 Å². The van der Waals surface area contributed by atoms with Gasteiger partial charge in [0.1, 0.15) is 5.75 Å². The zero-order valence-corrected chi connectivity index (χ0v) is 13.3. The number of carbonyl (C=O) groups is 1. The summed E-state index contributed by atoms with van der Waals surface area (Å²) < 4.78 is 10.7. The Bertz CT molecular complexity index is 735. The quantitative estimate of drug-likeness (QED) is 0.870. The number of oxime groups is 1. The second-order valence-electron chi connectivity index (χ2n) is 5.70. The molecule has 0 radical (unpaired) electrons. The van der Waals surface area contributed by atoms with E-state index in [9.17, 15) is 4.79 Å². The van der Waals surface area contributed by atoms with Crippen LogP contribution >= 0.6 is 0 Å². The molecular weight excluding hydrogens is 296 g/mol. The Labute approximate surface area is 134 Å². The highest BCUT2D eigenvalue weighted by molar-refractivity contribution is 6.09. The van der Waals surface area contributed by atoms with Crippen molar-refractivity contribution >= 4 is 11.7 Å². The van der Waals surface area contributed by atoms with E-state index in [1.807, 2.05) is 24.3 Å². The van der Waals surface area contributed by atoms with Gasteiger partial charge in [-0.15, -0.1) is 0 Å². The van der Waals surface area contributed by atoms with E-state index in [4.69, 9.17) is 14.0 Å². The predicted molar refractivity (Wildman–Crippen MR) is 84.0 cm³/mol. The van der Waals surface area contributed by atoms with Crippen molar-refractivity contribution in [3.63, 3.8) is 0 Å². The summed E-state index contributed by atoms with van der Waals surface area (Å²) >= 11 is 0. The number of rotatable bonds is 4. The van der Waals surface area contributed by atoms with Crippen LogP contribution in [0.25, 0.3) is 0 Å². The Morgan fingerprint density at radius 1 is 1.22 bits per heavy atom. The lowest BCUT2D eigenvalue weighted by molar-refractivity contribution is -0.155. The molecule has 1 aromatic heterocycles. The van der Waals surface area contributed by atoms with Gasteiger partial charge in [-0.1, -0.05) is 23.4 Å². The van der Waals surface area contributed by atoms with Gasteiger partial charge in [0.05, 0.1) is 19.9 Å². The molecule has 1 aliphatic heterocycles. The van der Waals surface area contributed by atoms with Crippen molar-refractivity contribution < 1.29 is 18.8 Å². The summed E-state index contributed by atoms with van der Waals surface area (Å²) in [5.74, 6) is 1.35. The first-order chi connectivity index (χ1) is 11.0.